The van der Waals surface area contributed by atoms with Gasteiger partial charge in [-0.3, -0.25) is 9.59 Å². The molecule has 1 aromatic heterocycles. The number of aromatic amines is 1. The monoisotopic (exact) mass is 364 g/mol. The molecule has 4 rings (SSSR count). The Balaban J connectivity index is 1.62. The first-order valence-electron chi connectivity index (χ1n) is 8.82. The van der Waals surface area contributed by atoms with Crippen LogP contribution >= 0.6 is 0 Å². The molecule has 6 heteroatoms. The van der Waals surface area contributed by atoms with Crippen LogP contribution < -0.4 is 10.2 Å². The summed E-state index contributed by atoms with van der Waals surface area (Å²) in [6.45, 7) is 1.32. The number of aromatic nitrogens is 1. The fraction of sp³-hybridized carbons (Fsp3) is 0.238. The van der Waals surface area contributed by atoms with Gasteiger partial charge in [0.15, 0.2) is 0 Å². The van der Waals surface area contributed by atoms with Crippen LogP contribution in [0.3, 0.4) is 0 Å². The van der Waals surface area contributed by atoms with E-state index in [2.05, 4.69) is 4.98 Å². The van der Waals surface area contributed by atoms with Crippen LogP contribution in [0.2, 0.25) is 0 Å². The molecule has 0 spiro atoms. The molecule has 0 aliphatic carbocycles. The molecule has 138 valence electrons. The third-order valence-electron chi connectivity index (χ3n) is 4.84. The van der Waals surface area contributed by atoms with E-state index in [0.29, 0.717) is 36.3 Å². The van der Waals surface area contributed by atoms with Gasteiger partial charge in [-0.25, -0.2) is 0 Å². The van der Waals surface area contributed by atoms with Crippen molar-refractivity contribution in [3.05, 3.63) is 76.1 Å². The van der Waals surface area contributed by atoms with Crippen molar-refractivity contribution in [2.45, 2.75) is 6.10 Å². The van der Waals surface area contributed by atoms with Crippen LogP contribution in [0.25, 0.3) is 10.9 Å². The summed E-state index contributed by atoms with van der Waals surface area (Å²) in [5.74, 6) is 0.370. The minimum atomic E-state index is -0.279. The number of fused-ring (bicyclic) bond motifs is 1. The van der Waals surface area contributed by atoms with Crippen molar-refractivity contribution in [3.8, 4) is 5.75 Å². The first kappa shape index (κ1) is 17.3. The van der Waals surface area contributed by atoms with Crippen molar-refractivity contribution in [1.82, 2.24) is 9.88 Å². The summed E-state index contributed by atoms with van der Waals surface area (Å²) >= 11 is 0. The highest BCUT2D eigenvalue weighted by molar-refractivity contribution is 5.97. The number of nitrogens with zero attached hydrogens (tertiary/aromatic N) is 1. The molecule has 2 heterocycles. The molecular weight excluding hydrogens is 344 g/mol. The van der Waals surface area contributed by atoms with E-state index in [0.717, 1.165) is 5.56 Å². The highest BCUT2D eigenvalue weighted by Crippen LogP contribution is 2.23. The molecule has 0 radical (unpaired) electrons. The van der Waals surface area contributed by atoms with Crippen LogP contribution in [0.15, 0.2) is 59.5 Å². The Morgan fingerprint density at radius 1 is 1.22 bits per heavy atom. The zero-order chi connectivity index (χ0) is 18.8. The Bertz CT molecular complexity index is 1030. The van der Waals surface area contributed by atoms with Gasteiger partial charge in [-0.1, -0.05) is 30.3 Å². The fourth-order valence-electron chi connectivity index (χ4n) is 3.36. The smallest absolute Gasteiger partial charge is 0.259 e. The second-order valence-corrected chi connectivity index (χ2v) is 6.46. The van der Waals surface area contributed by atoms with E-state index in [9.17, 15) is 9.59 Å². The van der Waals surface area contributed by atoms with E-state index in [1.165, 1.54) is 6.20 Å². The number of benzene rings is 2. The quantitative estimate of drug-likeness (QED) is 0.776. The summed E-state index contributed by atoms with van der Waals surface area (Å²) in [4.78, 5) is 30.5. The van der Waals surface area contributed by atoms with E-state index in [1.807, 2.05) is 30.3 Å². The molecule has 2 aromatic carbocycles. The van der Waals surface area contributed by atoms with Crippen LogP contribution in [0.4, 0.5) is 0 Å². The van der Waals surface area contributed by atoms with E-state index < -0.39 is 0 Å². The van der Waals surface area contributed by atoms with E-state index >= 15 is 0 Å². The zero-order valence-corrected chi connectivity index (χ0v) is 15.0. The number of carbonyl (C=O) groups excluding carboxylic acids is 1. The summed E-state index contributed by atoms with van der Waals surface area (Å²) in [6, 6.07) is 14.9. The number of ether oxygens (including phenoxy) is 2. The van der Waals surface area contributed by atoms with Gasteiger partial charge >= 0.3 is 0 Å². The second kappa shape index (κ2) is 7.25. The van der Waals surface area contributed by atoms with Gasteiger partial charge in [-0.05, 0) is 17.7 Å². The molecular formula is C21H20N2O4. The number of H-pyrrole nitrogens is 1. The average Bonchev–Trinajstić information content (AvgIpc) is 2.74. The zero-order valence-electron chi connectivity index (χ0n) is 15.0. The van der Waals surface area contributed by atoms with Crippen molar-refractivity contribution in [2.24, 2.45) is 0 Å². The molecule has 6 nitrogen and oxygen atoms in total. The maximum Gasteiger partial charge on any atom is 0.259 e. The lowest BCUT2D eigenvalue weighted by Crippen LogP contribution is -2.43. The van der Waals surface area contributed by atoms with Gasteiger partial charge in [0.25, 0.3) is 5.91 Å². The number of amides is 1. The maximum absolute atomic E-state index is 13.0. The minimum absolute atomic E-state index is 0.140. The Morgan fingerprint density at radius 2 is 2.04 bits per heavy atom. The number of carbonyl (C=O) groups is 1. The lowest BCUT2D eigenvalue weighted by molar-refractivity contribution is -0.0228. The van der Waals surface area contributed by atoms with Gasteiger partial charge in [0.05, 0.1) is 25.8 Å². The van der Waals surface area contributed by atoms with Gasteiger partial charge in [0, 0.05) is 24.2 Å². The van der Waals surface area contributed by atoms with Crippen LogP contribution in [0, 0.1) is 0 Å². The lowest BCUT2D eigenvalue weighted by Gasteiger charge is -2.33. The number of hydrogen-bond acceptors (Lipinski definition) is 4. The third-order valence-corrected chi connectivity index (χ3v) is 4.84. The number of rotatable bonds is 3. The van der Waals surface area contributed by atoms with E-state index in [4.69, 9.17) is 9.47 Å². The molecule has 1 unspecified atom stereocenters. The topological polar surface area (TPSA) is 71.6 Å². The number of methoxy groups -OCH3 is 1. The summed E-state index contributed by atoms with van der Waals surface area (Å²) < 4.78 is 11.0. The van der Waals surface area contributed by atoms with Crippen LogP contribution in [0.5, 0.6) is 5.75 Å². The fourth-order valence-corrected chi connectivity index (χ4v) is 3.36. The van der Waals surface area contributed by atoms with Gasteiger partial charge in [0.1, 0.15) is 17.4 Å². The highest BCUT2D eigenvalue weighted by Gasteiger charge is 2.27. The molecule has 0 bridgehead atoms. The Hall–Kier alpha value is -3.12. The highest BCUT2D eigenvalue weighted by atomic mass is 16.5. The summed E-state index contributed by atoms with van der Waals surface area (Å²) in [6.07, 6.45) is 1.30. The van der Waals surface area contributed by atoms with Crippen LogP contribution in [-0.2, 0) is 4.74 Å². The Morgan fingerprint density at radius 3 is 2.81 bits per heavy atom. The minimum Gasteiger partial charge on any atom is -0.497 e. The molecule has 1 atom stereocenters. The third kappa shape index (κ3) is 3.31. The molecule has 1 aliphatic rings. The largest absolute Gasteiger partial charge is 0.497 e. The van der Waals surface area contributed by atoms with Crippen molar-refractivity contribution in [1.29, 1.82) is 0 Å². The van der Waals surface area contributed by atoms with E-state index in [-0.39, 0.29) is 23.0 Å². The number of pyridine rings is 1. The average molecular weight is 364 g/mol. The first-order chi connectivity index (χ1) is 13.2. The number of morpholine rings is 1. The second-order valence-electron chi connectivity index (χ2n) is 6.46. The molecule has 1 amide bonds. The SMILES string of the molecule is COc1ccc2c(=O)c(C(=O)N3CCOC(c4ccccc4)C3)c[nH]c2c1. The lowest BCUT2D eigenvalue weighted by atomic mass is 10.1. The molecule has 0 saturated carbocycles. The van der Waals surface area contributed by atoms with Gasteiger partial charge < -0.3 is 19.4 Å². The first-order valence-corrected chi connectivity index (χ1v) is 8.82. The van der Waals surface area contributed by atoms with Crippen molar-refractivity contribution in [2.75, 3.05) is 26.8 Å². The molecule has 1 saturated heterocycles. The summed E-state index contributed by atoms with van der Waals surface area (Å²) in [5, 5.41) is 0.467. The molecule has 3 aromatic rings. The van der Waals surface area contributed by atoms with Crippen LogP contribution in [-0.4, -0.2) is 42.6 Å². The molecule has 27 heavy (non-hydrogen) atoms. The maximum atomic E-state index is 13.0. The number of nitrogens with one attached hydrogen (secondary N) is 1. The van der Waals surface area contributed by atoms with Gasteiger partial charge in [-0.15, -0.1) is 0 Å². The van der Waals surface area contributed by atoms with Crippen LogP contribution in [0.1, 0.15) is 22.0 Å². The number of hydrogen-bond donors (Lipinski definition) is 1. The van der Waals surface area contributed by atoms with Crippen molar-refractivity contribution >= 4 is 16.8 Å². The molecule has 1 aliphatic heterocycles. The Labute approximate surface area is 156 Å². The van der Waals surface area contributed by atoms with Gasteiger partial charge in [-0.2, -0.15) is 0 Å². The molecule has 1 fully saturated rings. The van der Waals surface area contributed by atoms with Gasteiger partial charge in [0.2, 0.25) is 5.43 Å². The standard InChI is InChI=1S/C21H20N2O4/c1-26-15-7-8-16-18(11-15)22-12-17(20(16)24)21(25)23-9-10-27-19(13-23)14-5-3-2-4-6-14/h2-8,11-12,19H,9-10,13H2,1H3,(H,22,24). The van der Waals surface area contributed by atoms with Crippen molar-refractivity contribution in [3.63, 3.8) is 0 Å². The van der Waals surface area contributed by atoms with E-state index in [1.54, 1.807) is 30.2 Å². The predicted octanol–water partition coefficient (Wildman–Crippen LogP) is 2.75. The van der Waals surface area contributed by atoms with Crippen molar-refractivity contribution < 1.29 is 14.3 Å². The molecule has 1 N–H and O–H groups in total. The summed E-state index contributed by atoms with van der Waals surface area (Å²) in [7, 11) is 1.57. The summed E-state index contributed by atoms with van der Waals surface area (Å²) in [5.41, 5.74) is 1.52. The normalized spacial score (nSPS) is 17.1. The predicted molar refractivity (Wildman–Crippen MR) is 102 cm³/mol. The Kier molecular flexibility index (Phi) is 4.64.